The number of nitrogen functional groups attached to an aromatic ring is 1. The summed E-state index contributed by atoms with van der Waals surface area (Å²) in [5, 5.41) is 9.74. The standard InChI is InChI=1S/C26H24FN7O4/c1-13-9-14(3-7-18(13)27)12-29-22(35)20-11-21(34-26(31-20)32-25(28)33-34)23(36)30-19-8-5-15-10-16(24(37)38-2)4-6-17(15)19/h3-4,6-7,9-11,19H,5,8,12H2,1-2H3,(H2,28,33)(H,29,35)(H,30,36)/t19-/m0/s1. The maximum atomic E-state index is 13.5. The predicted molar refractivity (Wildman–Crippen MR) is 134 cm³/mol. The van der Waals surface area contributed by atoms with E-state index in [1.54, 1.807) is 37.3 Å². The van der Waals surface area contributed by atoms with Crippen molar-refractivity contribution >= 4 is 29.5 Å². The molecule has 1 aliphatic rings. The molecule has 0 aliphatic heterocycles. The molecule has 0 saturated heterocycles. The van der Waals surface area contributed by atoms with Crippen molar-refractivity contribution in [3.8, 4) is 0 Å². The van der Waals surface area contributed by atoms with E-state index < -0.39 is 17.8 Å². The lowest BCUT2D eigenvalue weighted by atomic mass is 10.0. The molecule has 4 aromatic rings. The van der Waals surface area contributed by atoms with Crippen LogP contribution in [-0.4, -0.2) is 44.5 Å². The third-order valence-electron chi connectivity index (χ3n) is 6.42. The number of nitrogens with one attached hydrogen (secondary N) is 2. The van der Waals surface area contributed by atoms with Gasteiger partial charge in [-0.1, -0.05) is 18.2 Å². The summed E-state index contributed by atoms with van der Waals surface area (Å²) in [6.07, 6.45) is 1.30. The lowest BCUT2D eigenvalue weighted by Crippen LogP contribution is -2.30. The largest absolute Gasteiger partial charge is 0.465 e. The summed E-state index contributed by atoms with van der Waals surface area (Å²) in [5.74, 6) is -1.92. The van der Waals surface area contributed by atoms with E-state index >= 15 is 0 Å². The first-order valence-corrected chi connectivity index (χ1v) is 11.8. The Labute approximate surface area is 216 Å². The fourth-order valence-electron chi connectivity index (χ4n) is 4.50. The number of anilines is 1. The van der Waals surface area contributed by atoms with Gasteiger partial charge < -0.3 is 21.1 Å². The number of benzene rings is 2. The van der Waals surface area contributed by atoms with Gasteiger partial charge in [0.05, 0.1) is 18.7 Å². The quantitative estimate of drug-likeness (QED) is 0.329. The van der Waals surface area contributed by atoms with E-state index in [1.165, 1.54) is 23.8 Å². The van der Waals surface area contributed by atoms with Crippen LogP contribution in [0.4, 0.5) is 10.3 Å². The molecular weight excluding hydrogens is 493 g/mol. The summed E-state index contributed by atoms with van der Waals surface area (Å²) in [4.78, 5) is 46.3. The Bertz CT molecular complexity index is 1600. The fourth-order valence-corrected chi connectivity index (χ4v) is 4.50. The molecule has 38 heavy (non-hydrogen) atoms. The van der Waals surface area contributed by atoms with Gasteiger partial charge in [-0.3, -0.25) is 9.59 Å². The Morgan fingerprint density at radius 3 is 2.71 bits per heavy atom. The second kappa shape index (κ2) is 9.88. The van der Waals surface area contributed by atoms with Crippen molar-refractivity contribution in [3.63, 3.8) is 0 Å². The summed E-state index contributed by atoms with van der Waals surface area (Å²) in [5.41, 5.74) is 9.16. The van der Waals surface area contributed by atoms with Crippen LogP contribution in [0.3, 0.4) is 0 Å². The average Bonchev–Trinajstić information content (AvgIpc) is 3.49. The van der Waals surface area contributed by atoms with Crippen LogP contribution in [-0.2, 0) is 17.7 Å². The number of aromatic nitrogens is 4. The lowest BCUT2D eigenvalue weighted by molar-refractivity contribution is 0.0600. The number of hydrogen-bond donors (Lipinski definition) is 3. The molecule has 2 amide bonds. The summed E-state index contributed by atoms with van der Waals surface area (Å²) in [6, 6.07) is 10.8. The molecule has 0 saturated carbocycles. The van der Waals surface area contributed by atoms with Gasteiger partial charge in [-0.15, -0.1) is 5.10 Å². The number of hydrogen-bond acceptors (Lipinski definition) is 8. The minimum absolute atomic E-state index is 0.00697. The number of carbonyl (C=O) groups excluding carboxylic acids is 3. The van der Waals surface area contributed by atoms with E-state index in [9.17, 15) is 18.8 Å². The van der Waals surface area contributed by atoms with Gasteiger partial charge in [0.1, 0.15) is 17.2 Å². The van der Waals surface area contributed by atoms with Gasteiger partial charge >= 0.3 is 5.97 Å². The smallest absolute Gasteiger partial charge is 0.337 e. The molecule has 0 radical (unpaired) electrons. The van der Waals surface area contributed by atoms with Gasteiger partial charge in [0.2, 0.25) is 5.95 Å². The van der Waals surface area contributed by atoms with Crippen LogP contribution in [0, 0.1) is 12.7 Å². The Kier molecular flexibility index (Phi) is 6.45. The van der Waals surface area contributed by atoms with Crippen LogP contribution in [0.5, 0.6) is 0 Å². The van der Waals surface area contributed by atoms with Crippen molar-refractivity contribution in [2.75, 3.05) is 12.8 Å². The van der Waals surface area contributed by atoms with E-state index in [0.717, 1.165) is 11.1 Å². The molecule has 4 N–H and O–H groups in total. The molecule has 1 aliphatic carbocycles. The highest BCUT2D eigenvalue weighted by atomic mass is 19.1. The molecular formula is C26H24FN7O4. The Morgan fingerprint density at radius 1 is 1.13 bits per heavy atom. The highest BCUT2D eigenvalue weighted by Gasteiger charge is 2.27. The third kappa shape index (κ3) is 4.75. The number of aryl methyl sites for hydroxylation is 2. The summed E-state index contributed by atoms with van der Waals surface area (Å²) < 4.78 is 19.5. The summed E-state index contributed by atoms with van der Waals surface area (Å²) in [6.45, 7) is 1.77. The second-order valence-electron chi connectivity index (χ2n) is 8.94. The second-order valence-corrected chi connectivity index (χ2v) is 8.94. The normalized spacial score (nSPS) is 14.2. The zero-order valence-electron chi connectivity index (χ0n) is 20.6. The number of esters is 1. The molecule has 11 nitrogen and oxygen atoms in total. The summed E-state index contributed by atoms with van der Waals surface area (Å²) >= 11 is 0. The number of halogens is 1. The van der Waals surface area contributed by atoms with Gasteiger partial charge in [0, 0.05) is 12.6 Å². The highest BCUT2D eigenvalue weighted by molar-refractivity contribution is 5.98. The van der Waals surface area contributed by atoms with E-state index in [2.05, 4.69) is 25.7 Å². The van der Waals surface area contributed by atoms with Crippen LogP contribution >= 0.6 is 0 Å². The molecule has 5 rings (SSSR count). The summed E-state index contributed by atoms with van der Waals surface area (Å²) in [7, 11) is 1.32. The van der Waals surface area contributed by atoms with E-state index in [-0.39, 0.29) is 41.5 Å². The van der Waals surface area contributed by atoms with Crippen molar-refractivity contribution in [1.29, 1.82) is 0 Å². The molecule has 0 spiro atoms. The van der Waals surface area contributed by atoms with Gasteiger partial charge in [-0.25, -0.2) is 14.2 Å². The number of rotatable bonds is 6. The van der Waals surface area contributed by atoms with E-state index in [4.69, 9.17) is 10.5 Å². The molecule has 0 fully saturated rings. The van der Waals surface area contributed by atoms with Gasteiger partial charge in [0.15, 0.2) is 0 Å². The first-order chi connectivity index (χ1) is 18.2. The Morgan fingerprint density at radius 2 is 1.95 bits per heavy atom. The molecule has 12 heteroatoms. The van der Waals surface area contributed by atoms with Crippen molar-refractivity contribution in [2.24, 2.45) is 0 Å². The zero-order valence-corrected chi connectivity index (χ0v) is 20.6. The molecule has 2 heterocycles. The Balaban J connectivity index is 1.38. The number of methoxy groups -OCH3 is 1. The van der Waals surface area contributed by atoms with Crippen molar-refractivity contribution in [2.45, 2.75) is 32.4 Å². The van der Waals surface area contributed by atoms with Gasteiger partial charge in [0.25, 0.3) is 17.6 Å². The molecule has 1 atom stereocenters. The maximum Gasteiger partial charge on any atom is 0.337 e. The van der Waals surface area contributed by atoms with Crippen molar-refractivity contribution in [3.05, 3.63) is 87.5 Å². The third-order valence-corrected chi connectivity index (χ3v) is 6.42. The van der Waals surface area contributed by atoms with Crippen LogP contribution in [0.25, 0.3) is 5.78 Å². The number of nitrogens with zero attached hydrogens (tertiary/aromatic N) is 4. The highest BCUT2D eigenvalue weighted by Crippen LogP contribution is 2.32. The number of carbonyl (C=O) groups is 3. The fraction of sp³-hybridized carbons (Fsp3) is 0.231. The maximum absolute atomic E-state index is 13.5. The first-order valence-electron chi connectivity index (χ1n) is 11.8. The topological polar surface area (TPSA) is 154 Å². The number of ether oxygens (including phenoxy) is 1. The van der Waals surface area contributed by atoms with Gasteiger partial charge in [-0.05, 0) is 60.2 Å². The van der Waals surface area contributed by atoms with Crippen LogP contribution in [0.15, 0.2) is 42.5 Å². The first kappa shape index (κ1) is 24.8. The SMILES string of the molecule is COC(=O)c1ccc2c(c1)CC[C@@H]2NC(=O)c1cc(C(=O)NCc2ccc(F)c(C)c2)nc2nc(N)nn12. The predicted octanol–water partition coefficient (Wildman–Crippen LogP) is 2.29. The van der Waals surface area contributed by atoms with E-state index in [1.807, 2.05) is 0 Å². The lowest BCUT2D eigenvalue weighted by Gasteiger charge is -2.15. The average molecular weight is 518 g/mol. The van der Waals surface area contributed by atoms with Crippen LogP contribution in [0.1, 0.15) is 66.1 Å². The van der Waals surface area contributed by atoms with Crippen LogP contribution < -0.4 is 16.4 Å². The molecule has 0 unspecified atom stereocenters. The molecule has 194 valence electrons. The number of amides is 2. The van der Waals surface area contributed by atoms with Crippen molar-refractivity contribution < 1.29 is 23.5 Å². The monoisotopic (exact) mass is 517 g/mol. The zero-order chi connectivity index (χ0) is 27.0. The number of fused-ring (bicyclic) bond motifs is 2. The minimum Gasteiger partial charge on any atom is -0.465 e. The molecule has 0 bridgehead atoms. The van der Waals surface area contributed by atoms with E-state index in [0.29, 0.717) is 29.5 Å². The minimum atomic E-state index is -0.549. The molecule has 2 aromatic carbocycles. The van der Waals surface area contributed by atoms with Gasteiger partial charge in [-0.2, -0.15) is 9.50 Å². The Hall–Kier alpha value is -4.87. The van der Waals surface area contributed by atoms with Crippen molar-refractivity contribution in [1.82, 2.24) is 30.2 Å². The molecule has 2 aromatic heterocycles. The number of nitrogens with two attached hydrogens (primary N) is 1. The van der Waals surface area contributed by atoms with Crippen LogP contribution in [0.2, 0.25) is 0 Å².